The summed E-state index contributed by atoms with van der Waals surface area (Å²) < 4.78 is 16.7. The maximum Gasteiger partial charge on any atom is 0.306 e. The number of ether oxygens (including phenoxy) is 3. The Morgan fingerprint density at radius 3 is 1.23 bits per heavy atom. The van der Waals surface area contributed by atoms with Gasteiger partial charge >= 0.3 is 17.9 Å². The molecule has 0 aromatic carbocycles. The summed E-state index contributed by atoms with van der Waals surface area (Å²) in [7, 11) is 0. The lowest BCUT2D eigenvalue weighted by Crippen LogP contribution is -2.30. The van der Waals surface area contributed by atoms with E-state index in [1.54, 1.807) is 0 Å². The van der Waals surface area contributed by atoms with E-state index in [9.17, 15) is 14.4 Å². The smallest absolute Gasteiger partial charge is 0.306 e. The number of unbranched alkanes of at least 4 members (excludes halogenated alkanes) is 20. The molecular weight excluding hydrogens is 757 g/mol. The van der Waals surface area contributed by atoms with Crippen LogP contribution < -0.4 is 0 Å². The normalized spacial score (nSPS) is 12.9. The Kier molecular flexibility index (Phi) is 46.0. The van der Waals surface area contributed by atoms with E-state index in [-0.39, 0.29) is 31.6 Å². The molecule has 1 atom stereocenters. The van der Waals surface area contributed by atoms with Crippen LogP contribution >= 0.6 is 0 Å². The van der Waals surface area contributed by atoms with Crippen LogP contribution in [-0.4, -0.2) is 37.2 Å². The lowest BCUT2D eigenvalue weighted by Gasteiger charge is -2.18. The van der Waals surface area contributed by atoms with Crippen LogP contribution in [0.15, 0.2) is 97.2 Å². The van der Waals surface area contributed by atoms with Crippen LogP contribution in [-0.2, 0) is 28.6 Å². The monoisotopic (exact) mass is 847 g/mol. The van der Waals surface area contributed by atoms with E-state index in [1.807, 2.05) is 54.7 Å². The van der Waals surface area contributed by atoms with Gasteiger partial charge < -0.3 is 14.2 Å². The second kappa shape index (κ2) is 49.0. The first-order valence-electron chi connectivity index (χ1n) is 24.8. The summed E-state index contributed by atoms with van der Waals surface area (Å²) in [5, 5.41) is 0. The molecule has 0 spiro atoms. The van der Waals surface area contributed by atoms with E-state index in [2.05, 4.69) is 63.3 Å². The number of carbonyl (C=O) groups excluding carboxylic acids is 3. The van der Waals surface area contributed by atoms with Gasteiger partial charge in [-0.15, -0.1) is 0 Å². The minimum Gasteiger partial charge on any atom is -0.462 e. The van der Waals surface area contributed by atoms with E-state index in [4.69, 9.17) is 14.2 Å². The maximum absolute atomic E-state index is 12.7. The molecule has 0 aliphatic carbocycles. The third-order valence-corrected chi connectivity index (χ3v) is 10.2. The Morgan fingerprint density at radius 1 is 0.361 bits per heavy atom. The highest BCUT2D eigenvalue weighted by molar-refractivity contribution is 5.71. The Labute approximate surface area is 375 Å². The summed E-state index contributed by atoms with van der Waals surface area (Å²) in [6, 6.07) is 0. The highest BCUT2D eigenvalue weighted by Gasteiger charge is 2.19. The zero-order valence-electron chi connectivity index (χ0n) is 39.4. The summed E-state index contributed by atoms with van der Waals surface area (Å²) in [4.78, 5) is 37.8. The van der Waals surface area contributed by atoms with Crippen molar-refractivity contribution in [1.29, 1.82) is 0 Å². The molecule has 0 aromatic rings. The van der Waals surface area contributed by atoms with Gasteiger partial charge in [-0.3, -0.25) is 14.4 Å². The summed E-state index contributed by atoms with van der Waals surface area (Å²) in [5.74, 6) is -1.04. The van der Waals surface area contributed by atoms with Crippen molar-refractivity contribution in [3.05, 3.63) is 97.2 Å². The van der Waals surface area contributed by atoms with Crippen molar-refractivity contribution < 1.29 is 28.6 Å². The van der Waals surface area contributed by atoms with Crippen molar-refractivity contribution in [2.75, 3.05) is 13.2 Å². The van der Waals surface area contributed by atoms with Crippen LogP contribution in [0.4, 0.5) is 0 Å². The third-order valence-electron chi connectivity index (χ3n) is 10.2. The van der Waals surface area contributed by atoms with Crippen molar-refractivity contribution in [3.63, 3.8) is 0 Å². The molecular formula is C55H90O6. The van der Waals surface area contributed by atoms with Gasteiger partial charge in [0.1, 0.15) is 13.2 Å². The summed E-state index contributed by atoms with van der Waals surface area (Å²) in [5.41, 5.74) is 0. The molecule has 0 aliphatic heterocycles. The number of hydrogen-bond donors (Lipinski definition) is 0. The molecule has 1 unspecified atom stereocenters. The van der Waals surface area contributed by atoms with Crippen molar-refractivity contribution in [3.8, 4) is 0 Å². The largest absolute Gasteiger partial charge is 0.462 e. The maximum atomic E-state index is 12.7. The predicted molar refractivity (Wildman–Crippen MR) is 260 cm³/mol. The molecule has 0 N–H and O–H groups in total. The van der Waals surface area contributed by atoms with Gasteiger partial charge in [0.05, 0.1) is 0 Å². The number of carbonyl (C=O) groups is 3. The van der Waals surface area contributed by atoms with E-state index >= 15 is 0 Å². The van der Waals surface area contributed by atoms with Crippen LogP contribution in [0.5, 0.6) is 0 Å². The molecule has 0 saturated carbocycles. The van der Waals surface area contributed by atoms with E-state index < -0.39 is 12.1 Å². The molecule has 0 aliphatic rings. The fourth-order valence-corrected chi connectivity index (χ4v) is 6.54. The molecule has 0 heterocycles. The van der Waals surface area contributed by atoms with Crippen LogP contribution in [0.1, 0.15) is 213 Å². The van der Waals surface area contributed by atoms with Gasteiger partial charge in [-0.2, -0.15) is 0 Å². The second-order valence-corrected chi connectivity index (χ2v) is 16.1. The van der Waals surface area contributed by atoms with Crippen LogP contribution in [0.25, 0.3) is 0 Å². The van der Waals surface area contributed by atoms with Gasteiger partial charge in [-0.1, -0.05) is 227 Å². The van der Waals surface area contributed by atoms with Crippen molar-refractivity contribution in [2.45, 2.75) is 219 Å². The van der Waals surface area contributed by atoms with Crippen molar-refractivity contribution in [1.82, 2.24) is 0 Å². The fraction of sp³-hybridized carbons (Fsp3) is 0.655. The van der Waals surface area contributed by atoms with Crippen molar-refractivity contribution in [2.24, 2.45) is 0 Å². The first-order valence-corrected chi connectivity index (χ1v) is 24.8. The zero-order chi connectivity index (χ0) is 44.4. The quantitative estimate of drug-likeness (QED) is 0.0200. The molecule has 0 rings (SSSR count). The average Bonchev–Trinajstić information content (AvgIpc) is 3.26. The molecule has 0 bridgehead atoms. The lowest BCUT2D eigenvalue weighted by molar-refractivity contribution is -0.167. The standard InChI is InChI=1S/C55H90O6/c1-4-7-10-13-16-19-22-25-26-27-28-29-31-33-36-39-42-45-48-54(57)60-51-52(50-59-53(56)47-44-41-38-35-32-24-21-18-15-12-9-6-3)61-55(58)49-46-43-40-37-34-30-23-20-17-14-11-8-5-2/h8-9,11-12,14,17-18,20-21,23,30,32,34-35,37,40,52H,4-7,10,13,15-16,19,22,24-29,31,33,36,38-39,41-51H2,1-3H3/b11-8-,12-9-,17-14-,21-18-,23-20-,34-30-,35-32-,40-37-. The number of allylic oxidation sites excluding steroid dienone is 16. The fourth-order valence-electron chi connectivity index (χ4n) is 6.54. The summed E-state index contributed by atoms with van der Waals surface area (Å²) in [6.45, 7) is 6.27. The van der Waals surface area contributed by atoms with Gasteiger partial charge in [0.25, 0.3) is 0 Å². The average molecular weight is 847 g/mol. The molecule has 6 heteroatoms. The molecule has 6 nitrogen and oxygen atoms in total. The van der Waals surface area contributed by atoms with Crippen molar-refractivity contribution >= 4 is 17.9 Å². The molecule has 0 saturated heterocycles. The summed E-state index contributed by atoms with van der Waals surface area (Å²) >= 11 is 0. The Morgan fingerprint density at radius 2 is 0.738 bits per heavy atom. The zero-order valence-corrected chi connectivity index (χ0v) is 39.4. The van der Waals surface area contributed by atoms with Crippen LogP contribution in [0.3, 0.4) is 0 Å². The molecule has 0 radical (unpaired) electrons. The Bertz CT molecular complexity index is 1250. The summed E-state index contributed by atoms with van der Waals surface area (Å²) in [6.07, 6.45) is 64.1. The van der Waals surface area contributed by atoms with Gasteiger partial charge in [0.2, 0.25) is 0 Å². The highest BCUT2D eigenvalue weighted by Crippen LogP contribution is 2.15. The highest BCUT2D eigenvalue weighted by atomic mass is 16.6. The van der Waals surface area contributed by atoms with Gasteiger partial charge in [0, 0.05) is 19.3 Å². The first-order chi connectivity index (χ1) is 30.0. The predicted octanol–water partition coefficient (Wildman–Crippen LogP) is 16.2. The number of hydrogen-bond acceptors (Lipinski definition) is 6. The molecule has 0 aromatic heterocycles. The Hall–Kier alpha value is -3.67. The minimum atomic E-state index is -0.828. The molecule has 0 fully saturated rings. The second-order valence-electron chi connectivity index (χ2n) is 16.1. The topological polar surface area (TPSA) is 78.9 Å². The molecule has 61 heavy (non-hydrogen) atoms. The number of rotatable bonds is 43. The van der Waals surface area contributed by atoms with E-state index in [0.717, 1.165) is 64.2 Å². The minimum absolute atomic E-state index is 0.118. The van der Waals surface area contributed by atoms with Gasteiger partial charge in [-0.25, -0.2) is 0 Å². The van der Waals surface area contributed by atoms with Crippen LogP contribution in [0, 0.1) is 0 Å². The van der Waals surface area contributed by atoms with E-state index in [0.29, 0.717) is 25.7 Å². The van der Waals surface area contributed by atoms with E-state index in [1.165, 1.54) is 96.3 Å². The van der Waals surface area contributed by atoms with Crippen LogP contribution in [0.2, 0.25) is 0 Å². The number of esters is 3. The van der Waals surface area contributed by atoms with Gasteiger partial charge in [0.15, 0.2) is 6.10 Å². The lowest BCUT2D eigenvalue weighted by atomic mass is 10.0. The molecule has 0 amide bonds. The van der Waals surface area contributed by atoms with Gasteiger partial charge in [-0.05, 0) is 64.2 Å². The Balaban J connectivity index is 4.47. The first kappa shape index (κ1) is 57.3. The SMILES string of the molecule is CC\C=C/C=C\C=C/C=C\C=C/CCCC(=O)OC(COC(=O)CCCC/C=C\C/C=C\C/C=C\CC)COC(=O)CCCCCCCCCCCCCCCCCCCC. The molecule has 346 valence electrons. The third kappa shape index (κ3) is 47.2.